The molecule has 0 spiro atoms. The van der Waals surface area contributed by atoms with Crippen molar-refractivity contribution in [2.45, 2.75) is 13.0 Å². The number of carbonyl (C=O) groups excluding carboxylic acids is 1. The Morgan fingerprint density at radius 3 is 2.60 bits per heavy atom. The minimum absolute atomic E-state index is 0.147. The van der Waals surface area contributed by atoms with Gasteiger partial charge < -0.3 is 10.1 Å². The summed E-state index contributed by atoms with van der Waals surface area (Å²) in [6.07, 6.45) is 0.898. The van der Waals surface area contributed by atoms with Crippen LogP contribution in [0.25, 0.3) is 10.8 Å². The summed E-state index contributed by atoms with van der Waals surface area (Å²) in [5.41, 5.74) is 0.980. The molecule has 0 amide bonds. The van der Waals surface area contributed by atoms with Gasteiger partial charge in [0.05, 0.1) is 6.04 Å². The second-order valence-corrected chi connectivity index (χ2v) is 3.63. The third-order valence-electron chi connectivity index (χ3n) is 2.35. The Balaban J connectivity index is 2.34. The lowest BCUT2D eigenvalue weighted by Crippen LogP contribution is -2.15. The van der Waals surface area contributed by atoms with Crippen LogP contribution in [0.1, 0.15) is 6.92 Å². The molecule has 0 bridgehead atoms. The standard InChI is InChI=1S/C13H13NO/c1-10(9-15)14-13-7-6-11-4-2-3-5-12(11)8-13/h2-10,14H,1H3/t10-/m0/s1. The van der Waals surface area contributed by atoms with Crippen molar-refractivity contribution < 1.29 is 4.79 Å². The average Bonchev–Trinajstić information content (AvgIpc) is 2.29. The SMILES string of the molecule is C[C@@H](C=O)Nc1ccc2ccccc2c1. The van der Waals surface area contributed by atoms with E-state index >= 15 is 0 Å². The molecule has 0 saturated carbocycles. The summed E-state index contributed by atoms with van der Waals surface area (Å²) in [6, 6.07) is 14.1. The fraction of sp³-hybridized carbons (Fsp3) is 0.154. The number of fused-ring (bicyclic) bond motifs is 1. The predicted molar refractivity (Wildman–Crippen MR) is 63.1 cm³/mol. The molecule has 1 N–H and O–H groups in total. The number of carbonyl (C=O) groups is 1. The Morgan fingerprint density at radius 2 is 1.87 bits per heavy atom. The summed E-state index contributed by atoms with van der Waals surface area (Å²) in [7, 11) is 0. The average molecular weight is 199 g/mol. The summed E-state index contributed by atoms with van der Waals surface area (Å²) in [6.45, 7) is 1.84. The highest BCUT2D eigenvalue weighted by molar-refractivity contribution is 5.86. The van der Waals surface area contributed by atoms with Gasteiger partial charge in [0.2, 0.25) is 0 Å². The molecular weight excluding hydrogens is 186 g/mol. The van der Waals surface area contributed by atoms with E-state index in [4.69, 9.17) is 0 Å². The minimum atomic E-state index is -0.147. The van der Waals surface area contributed by atoms with Gasteiger partial charge in [-0.3, -0.25) is 0 Å². The van der Waals surface area contributed by atoms with Crippen molar-refractivity contribution in [1.29, 1.82) is 0 Å². The fourth-order valence-corrected chi connectivity index (χ4v) is 1.58. The zero-order valence-electron chi connectivity index (χ0n) is 8.60. The Kier molecular flexibility index (Phi) is 2.68. The van der Waals surface area contributed by atoms with E-state index in [-0.39, 0.29) is 6.04 Å². The molecule has 0 fully saturated rings. The topological polar surface area (TPSA) is 29.1 Å². The molecule has 0 aromatic heterocycles. The lowest BCUT2D eigenvalue weighted by atomic mass is 10.1. The summed E-state index contributed by atoms with van der Waals surface area (Å²) in [5, 5.41) is 5.51. The molecule has 0 unspecified atom stereocenters. The molecule has 15 heavy (non-hydrogen) atoms. The number of anilines is 1. The third-order valence-corrected chi connectivity index (χ3v) is 2.35. The van der Waals surface area contributed by atoms with Gasteiger partial charge in [0.15, 0.2) is 0 Å². The largest absolute Gasteiger partial charge is 0.376 e. The Hall–Kier alpha value is -1.83. The van der Waals surface area contributed by atoms with Crippen LogP contribution in [0.15, 0.2) is 42.5 Å². The van der Waals surface area contributed by atoms with E-state index in [1.807, 2.05) is 25.1 Å². The number of nitrogens with one attached hydrogen (secondary N) is 1. The number of rotatable bonds is 3. The maximum Gasteiger partial charge on any atom is 0.141 e. The van der Waals surface area contributed by atoms with Crippen molar-refractivity contribution in [3.63, 3.8) is 0 Å². The molecule has 0 aliphatic rings. The van der Waals surface area contributed by atoms with Crippen molar-refractivity contribution in [2.75, 3.05) is 5.32 Å². The summed E-state index contributed by atoms with van der Waals surface area (Å²) in [4.78, 5) is 10.5. The quantitative estimate of drug-likeness (QED) is 0.770. The Labute approximate surface area is 88.9 Å². The number of hydrogen-bond donors (Lipinski definition) is 1. The van der Waals surface area contributed by atoms with E-state index in [1.165, 1.54) is 10.8 Å². The van der Waals surface area contributed by atoms with E-state index in [1.54, 1.807) is 0 Å². The fourth-order valence-electron chi connectivity index (χ4n) is 1.58. The lowest BCUT2D eigenvalue weighted by Gasteiger charge is -2.09. The van der Waals surface area contributed by atoms with Crippen LogP contribution in [-0.2, 0) is 4.79 Å². The normalized spacial score (nSPS) is 12.3. The highest BCUT2D eigenvalue weighted by atomic mass is 16.1. The van der Waals surface area contributed by atoms with Gasteiger partial charge in [0, 0.05) is 5.69 Å². The molecule has 0 radical (unpaired) electrons. The van der Waals surface area contributed by atoms with Crippen LogP contribution >= 0.6 is 0 Å². The first-order valence-corrected chi connectivity index (χ1v) is 5.00. The Morgan fingerprint density at radius 1 is 1.13 bits per heavy atom. The smallest absolute Gasteiger partial charge is 0.141 e. The van der Waals surface area contributed by atoms with Gasteiger partial charge in [-0.1, -0.05) is 30.3 Å². The zero-order valence-corrected chi connectivity index (χ0v) is 8.60. The second kappa shape index (κ2) is 4.13. The maximum absolute atomic E-state index is 10.5. The number of hydrogen-bond acceptors (Lipinski definition) is 2. The van der Waals surface area contributed by atoms with Crippen LogP contribution in [0, 0.1) is 0 Å². The summed E-state index contributed by atoms with van der Waals surface area (Å²) in [5.74, 6) is 0. The molecule has 0 aliphatic carbocycles. The highest BCUT2D eigenvalue weighted by Crippen LogP contribution is 2.18. The van der Waals surface area contributed by atoms with Crippen LogP contribution in [-0.4, -0.2) is 12.3 Å². The molecule has 2 aromatic carbocycles. The molecule has 1 atom stereocenters. The molecule has 2 rings (SSSR count). The highest BCUT2D eigenvalue weighted by Gasteiger charge is 1.99. The second-order valence-electron chi connectivity index (χ2n) is 3.63. The first kappa shape index (κ1) is 9.71. The van der Waals surface area contributed by atoms with Gasteiger partial charge in [-0.25, -0.2) is 0 Å². The number of benzene rings is 2. The maximum atomic E-state index is 10.5. The van der Waals surface area contributed by atoms with Crippen LogP contribution < -0.4 is 5.32 Å². The van der Waals surface area contributed by atoms with Gasteiger partial charge in [0.1, 0.15) is 6.29 Å². The van der Waals surface area contributed by atoms with Crippen LogP contribution in [0.3, 0.4) is 0 Å². The van der Waals surface area contributed by atoms with Crippen LogP contribution in [0.4, 0.5) is 5.69 Å². The van der Waals surface area contributed by atoms with Crippen molar-refractivity contribution >= 4 is 22.7 Å². The van der Waals surface area contributed by atoms with Gasteiger partial charge in [0.25, 0.3) is 0 Å². The van der Waals surface area contributed by atoms with Gasteiger partial charge in [-0.2, -0.15) is 0 Å². The zero-order chi connectivity index (χ0) is 10.7. The van der Waals surface area contributed by atoms with E-state index in [9.17, 15) is 4.79 Å². The molecule has 2 heteroatoms. The van der Waals surface area contributed by atoms with Gasteiger partial charge in [-0.05, 0) is 29.8 Å². The van der Waals surface area contributed by atoms with E-state index in [0.717, 1.165) is 12.0 Å². The molecule has 2 aromatic rings. The monoisotopic (exact) mass is 199 g/mol. The predicted octanol–water partition coefficient (Wildman–Crippen LogP) is 2.84. The molecule has 0 aliphatic heterocycles. The van der Waals surface area contributed by atoms with Gasteiger partial charge in [-0.15, -0.1) is 0 Å². The molecule has 0 saturated heterocycles. The van der Waals surface area contributed by atoms with Crippen molar-refractivity contribution in [1.82, 2.24) is 0 Å². The van der Waals surface area contributed by atoms with E-state index in [2.05, 4.69) is 29.6 Å². The van der Waals surface area contributed by atoms with Crippen molar-refractivity contribution in [3.05, 3.63) is 42.5 Å². The molecule has 2 nitrogen and oxygen atoms in total. The Bertz CT molecular complexity index is 479. The van der Waals surface area contributed by atoms with Crippen LogP contribution in [0.2, 0.25) is 0 Å². The van der Waals surface area contributed by atoms with Crippen LogP contribution in [0.5, 0.6) is 0 Å². The molecule has 0 heterocycles. The minimum Gasteiger partial charge on any atom is -0.376 e. The number of aldehydes is 1. The lowest BCUT2D eigenvalue weighted by molar-refractivity contribution is -0.108. The first-order chi connectivity index (χ1) is 7.29. The van der Waals surface area contributed by atoms with Crippen molar-refractivity contribution in [2.24, 2.45) is 0 Å². The summed E-state index contributed by atoms with van der Waals surface area (Å²) >= 11 is 0. The van der Waals surface area contributed by atoms with Crippen molar-refractivity contribution in [3.8, 4) is 0 Å². The van der Waals surface area contributed by atoms with E-state index in [0.29, 0.717) is 0 Å². The van der Waals surface area contributed by atoms with Gasteiger partial charge >= 0.3 is 0 Å². The molecule has 76 valence electrons. The molecular formula is C13H13NO. The third kappa shape index (κ3) is 2.15. The first-order valence-electron chi connectivity index (χ1n) is 5.00. The van der Waals surface area contributed by atoms with E-state index < -0.39 is 0 Å². The summed E-state index contributed by atoms with van der Waals surface area (Å²) < 4.78 is 0.